The van der Waals surface area contributed by atoms with Crippen LogP contribution < -0.4 is 5.32 Å². The molecule has 0 atom stereocenters. The highest BCUT2D eigenvalue weighted by Gasteiger charge is 2.32. The van der Waals surface area contributed by atoms with Crippen LogP contribution in [0.15, 0.2) is 11.8 Å². The van der Waals surface area contributed by atoms with Gasteiger partial charge in [0.15, 0.2) is 0 Å². The van der Waals surface area contributed by atoms with Crippen LogP contribution in [0.4, 0.5) is 13.2 Å². The van der Waals surface area contributed by atoms with E-state index in [4.69, 9.17) is 0 Å². The third kappa shape index (κ3) is 2.26. The topological polar surface area (TPSA) is 21.3 Å². The predicted molar refractivity (Wildman–Crippen MR) is 28.1 cm³/mol. The summed E-state index contributed by atoms with van der Waals surface area (Å²) >= 11 is 0. The number of hydrogen-bond donors (Lipinski definition) is 1. The van der Waals surface area contributed by atoms with Crippen molar-refractivity contribution in [2.24, 2.45) is 0 Å². The van der Waals surface area contributed by atoms with Crippen LogP contribution in [-0.2, 0) is 4.74 Å². The van der Waals surface area contributed by atoms with Crippen LogP contribution in [0.25, 0.3) is 0 Å². The summed E-state index contributed by atoms with van der Waals surface area (Å²) in [5, 5.41) is 2.68. The van der Waals surface area contributed by atoms with Gasteiger partial charge in [0.2, 0.25) is 0 Å². The van der Waals surface area contributed by atoms with Crippen molar-refractivity contribution in [3.63, 3.8) is 0 Å². The Hall–Kier alpha value is -0.710. The number of nitrogens with one attached hydrogen (secondary N) is 1. The minimum Gasteiger partial charge on any atom is -0.409 e. The second-order valence-corrected chi connectivity index (χ2v) is 1.85. The van der Waals surface area contributed by atoms with Crippen molar-refractivity contribution in [3.05, 3.63) is 11.8 Å². The van der Waals surface area contributed by atoms with Gasteiger partial charge >= 0.3 is 6.36 Å². The van der Waals surface area contributed by atoms with E-state index in [-0.39, 0.29) is 12.3 Å². The summed E-state index contributed by atoms with van der Waals surface area (Å²) in [5.74, 6) is -0.0486. The number of hydrogen-bond acceptors (Lipinski definition) is 2. The summed E-state index contributed by atoms with van der Waals surface area (Å²) < 4.78 is 37.8. The number of halogens is 3. The average Bonchev–Trinajstić information content (AvgIpc) is 2.12. The molecule has 58 valence electrons. The van der Waals surface area contributed by atoms with Crippen LogP contribution in [0.5, 0.6) is 0 Å². The third-order valence-electron chi connectivity index (χ3n) is 1.02. The first-order valence-electron chi connectivity index (χ1n) is 2.73. The van der Waals surface area contributed by atoms with Gasteiger partial charge in [0.25, 0.3) is 0 Å². The zero-order valence-corrected chi connectivity index (χ0v) is 5.03. The second-order valence-electron chi connectivity index (χ2n) is 1.85. The predicted octanol–water partition coefficient (Wildman–Crippen LogP) is 1.01. The van der Waals surface area contributed by atoms with E-state index in [1.807, 2.05) is 0 Å². The molecule has 0 aromatic heterocycles. The Bertz CT molecular complexity index is 151. The van der Waals surface area contributed by atoms with Crippen molar-refractivity contribution in [2.45, 2.75) is 6.36 Å². The van der Waals surface area contributed by atoms with Gasteiger partial charge in [0, 0.05) is 6.54 Å². The fourth-order valence-electron chi connectivity index (χ4n) is 0.680. The van der Waals surface area contributed by atoms with Crippen molar-refractivity contribution in [1.82, 2.24) is 5.32 Å². The lowest BCUT2D eigenvalue weighted by Gasteiger charge is -2.08. The highest BCUT2D eigenvalue weighted by molar-refractivity contribution is 5.03. The zero-order chi connectivity index (χ0) is 7.61. The molecule has 0 aromatic carbocycles. The number of alkyl halides is 3. The average molecular weight is 153 g/mol. The quantitative estimate of drug-likeness (QED) is 0.607. The zero-order valence-electron chi connectivity index (χ0n) is 5.03. The minimum absolute atomic E-state index is 0.0486. The summed E-state index contributed by atoms with van der Waals surface area (Å²) in [6.45, 7) is 0.616. The van der Waals surface area contributed by atoms with E-state index in [1.54, 1.807) is 0 Å². The molecule has 0 bridgehead atoms. The molecule has 10 heavy (non-hydrogen) atoms. The van der Waals surface area contributed by atoms with Crippen molar-refractivity contribution in [2.75, 3.05) is 13.1 Å². The first-order valence-corrected chi connectivity index (χ1v) is 2.73. The molecule has 1 N–H and O–H groups in total. The standard InChI is InChI=1S/C5H6F3NO/c6-5(7,8)10-4-1-2-9-3-4/h1,9H,2-3H2. The maximum atomic E-state index is 11.4. The van der Waals surface area contributed by atoms with Gasteiger partial charge in [0.1, 0.15) is 5.76 Å². The lowest BCUT2D eigenvalue weighted by atomic mass is 10.5. The fourth-order valence-corrected chi connectivity index (χ4v) is 0.680. The Morgan fingerprint density at radius 2 is 2.20 bits per heavy atom. The van der Waals surface area contributed by atoms with Crippen LogP contribution in [0, 0.1) is 0 Å². The van der Waals surface area contributed by atoms with Gasteiger partial charge in [-0.3, -0.25) is 0 Å². The van der Waals surface area contributed by atoms with Crippen molar-refractivity contribution >= 4 is 0 Å². The van der Waals surface area contributed by atoms with Gasteiger partial charge in [-0.15, -0.1) is 13.2 Å². The molecular weight excluding hydrogens is 147 g/mol. The van der Waals surface area contributed by atoms with E-state index in [0.29, 0.717) is 6.54 Å². The molecular formula is C5H6F3NO. The summed E-state index contributed by atoms with van der Waals surface area (Å²) in [6.07, 6.45) is -3.18. The van der Waals surface area contributed by atoms with E-state index in [1.165, 1.54) is 6.08 Å². The molecule has 0 fully saturated rings. The molecule has 1 heterocycles. The normalized spacial score (nSPS) is 18.9. The summed E-state index contributed by atoms with van der Waals surface area (Å²) in [6, 6.07) is 0. The molecule has 0 amide bonds. The van der Waals surface area contributed by atoms with Gasteiger partial charge in [-0.1, -0.05) is 0 Å². The SMILES string of the molecule is FC(F)(F)OC1=CCNC1. The lowest BCUT2D eigenvalue weighted by Crippen LogP contribution is -2.16. The Balaban J connectivity index is 2.38. The van der Waals surface area contributed by atoms with E-state index in [0.717, 1.165) is 0 Å². The van der Waals surface area contributed by atoms with Crippen LogP contribution in [0.1, 0.15) is 0 Å². The largest absolute Gasteiger partial charge is 0.572 e. The van der Waals surface area contributed by atoms with E-state index in [2.05, 4.69) is 10.1 Å². The van der Waals surface area contributed by atoms with Crippen molar-refractivity contribution in [1.29, 1.82) is 0 Å². The van der Waals surface area contributed by atoms with Crippen molar-refractivity contribution in [3.8, 4) is 0 Å². The monoisotopic (exact) mass is 153 g/mol. The molecule has 0 aromatic rings. The molecule has 2 nitrogen and oxygen atoms in total. The molecule has 0 aliphatic carbocycles. The summed E-state index contributed by atoms with van der Waals surface area (Å²) in [4.78, 5) is 0. The lowest BCUT2D eigenvalue weighted by molar-refractivity contribution is -0.305. The molecule has 1 rings (SSSR count). The molecule has 0 saturated heterocycles. The molecule has 1 aliphatic rings. The highest BCUT2D eigenvalue weighted by Crippen LogP contribution is 2.20. The Morgan fingerprint density at radius 3 is 2.60 bits per heavy atom. The second kappa shape index (κ2) is 2.49. The third-order valence-corrected chi connectivity index (χ3v) is 1.02. The van der Waals surface area contributed by atoms with Gasteiger partial charge < -0.3 is 10.1 Å². The van der Waals surface area contributed by atoms with Crippen LogP contribution in [0.3, 0.4) is 0 Å². The Labute approximate surface area is 55.7 Å². The maximum Gasteiger partial charge on any atom is 0.572 e. The minimum atomic E-state index is -4.54. The summed E-state index contributed by atoms with van der Waals surface area (Å²) in [7, 11) is 0. The van der Waals surface area contributed by atoms with Gasteiger partial charge in [0.05, 0.1) is 6.54 Å². The maximum absolute atomic E-state index is 11.4. The van der Waals surface area contributed by atoms with E-state index >= 15 is 0 Å². The molecule has 0 spiro atoms. The molecule has 0 unspecified atom stereocenters. The van der Waals surface area contributed by atoms with Gasteiger partial charge in [-0.2, -0.15) is 0 Å². The fraction of sp³-hybridized carbons (Fsp3) is 0.600. The first-order chi connectivity index (χ1) is 4.58. The van der Waals surface area contributed by atoms with Gasteiger partial charge in [-0.25, -0.2) is 0 Å². The molecule has 1 aliphatic heterocycles. The van der Waals surface area contributed by atoms with E-state index in [9.17, 15) is 13.2 Å². The number of ether oxygens (including phenoxy) is 1. The highest BCUT2D eigenvalue weighted by atomic mass is 19.4. The Kier molecular flexibility index (Phi) is 1.85. The first kappa shape index (κ1) is 7.40. The smallest absolute Gasteiger partial charge is 0.409 e. The molecule has 0 saturated carbocycles. The van der Waals surface area contributed by atoms with E-state index < -0.39 is 6.36 Å². The van der Waals surface area contributed by atoms with Crippen LogP contribution in [-0.4, -0.2) is 19.5 Å². The van der Waals surface area contributed by atoms with Gasteiger partial charge in [-0.05, 0) is 6.08 Å². The van der Waals surface area contributed by atoms with Crippen molar-refractivity contribution < 1.29 is 17.9 Å². The molecule has 5 heteroatoms. The number of rotatable bonds is 1. The van der Waals surface area contributed by atoms with Crippen LogP contribution in [0.2, 0.25) is 0 Å². The molecule has 0 radical (unpaired) electrons. The Morgan fingerprint density at radius 1 is 1.50 bits per heavy atom. The van der Waals surface area contributed by atoms with Crippen LogP contribution >= 0.6 is 0 Å². The summed E-state index contributed by atoms with van der Waals surface area (Å²) in [5.41, 5.74) is 0.